The smallest absolute Gasteiger partial charge is 0.292 e. The lowest BCUT2D eigenvalue weighted by Gasteiger charge is -2.24. The number of halogens is 1. The molecule has 21 heavy (non-hydrogen) atoms. The fraction of sp³-hybridized carbons (Fsp3) is 0.375. The minimum absolute atomic E-state index is 0.281. The van der Waals surface area contributed by atoms with Gasteiger partial charge in [0.1, 0.15) is 4.47 Å². The zero-order chi connectivity index (χ0) is 15.8. The van der Waals surface area contributed by atoms with Gasteiger partial charge in [0.15, 0.2) is 0 Å². The zero-order valence-electron chi connectivity index (χ0n) is 12.7. The second-order valence-electron chi connectivity index (χ2n) is 6.07. The first-order chi connectivity index (χ1) is 9.73. The van der Waals surface area contributed by atoms with Crippen LogP contribution in [0, 0.1) is 6.92 Å². The molecule has 0 atom stereocenters. The molecular formula is C16H19BrN2O2. The quantitative estimate of drug-likeness (QED) is 0.835. The van der Waals surface area contributed by atoms with E-state index in [1.165, 1.54) is 4.57 Å². The van der Waals surface area contributed by atoms with Crippen LogP contribution in [0.2, 0.25) is 0 Å². The molecule has 0 N–H and O–H groups in total. The van der Waals surface area contributed by atoms with E-state index in [-0.39, 0.29) is 11.2 Å². The van der Waals surface area contributed by atoms with Crippen LogP contribution < -0.4 is 11.2 Å². The largest absolute Gasteiger partial charge is 0.332 e. The second kappa shape index (κ2) is 5.64. The van der Waals surface area contributed by atoms with Crippen molar-refractivity contribution in [2.24, 2.45) is 0 Å². The highest BCUT2D eigenvalue weighted by Gasteiger charge is 2.23. The standard InChI is InChI=1S/C16H19BrN2O2/c1-11-13(17)14(20)19(16(2,3)4)15(21)18(11)10-12-8-6-5-7-9-12/h5-9H,10H2,1-4H3. The molecule has 0 radical (unpaired) electrons. The van der Waals surface area contributed by atoms with E-state index in [1.54, 1.807) is 11.5 Å². The Morgan fingerprint density at radius 1 is 1.10 bits per heavy atom. The van der Waals surface area contributed by atoms with Crippen molar-refractivity contribution in [1.82, 2.24) is 9.13 Å². The summed E-state index contributed by atoms with van der Waals surface area (Å²) in [4.78, 5) is 25.1. The third kappa shape index (κ3) is 3.02. The van der Waals surface area contributed by atoms with E-state index in [9.17, 15) is 9.59 Å². The molecule has 0 saturated carbocycles. The van der Waals surface area contributed by atoms with Crippen molar-refractivity contribution in [2.75, 3.05) is 0 Å². The zero-order valence-corrected chi connectivity index (χ0v) is 14.3. The molecule has 0 fully saturated rings. The summed E-state index contributed by atoms with van der Waals surface area (Å²) in [6, 6.07) is 9.73. The molecule has 0 unspecified atom stereocenters. The van der Waals surface area contributed by atoms with Crippen molar-refractivity contribution in [3.8, 4) is 0 Å². The van der Waals surface area contributed by atoms with E-state index in [2.05, 4.69) is 15.9 Å². The van der Waals surface area contributed by atoms with Crippen LogP contribution in [0.5, 0.6) is 0 Å². The molecule has 0 aliphatic carbocycles. The van der Waals surface area contributed by atoms with Gasteiger partial charge in [-0.05, 0) is 49.2 Å². The molecule has 5 heteroatoms. The van der Waals surface area contributed by atoms with Gasteiger partial charge in [-0.1, -0.05) is 30.3 Å². The Morgan fingerprint density at radius 2 is 1.67 bits per heavy atom. The maximum Gasteiger partial charge on any atom is 0.332 e. The van der Waals surface area contributed by atoms with E-state index in [0.717, 1.165) is 5.56 Å². The average Bonchev–Trinajstić information content (AvgIpc) is 2.41. The second-order valence-corrected chi connectivity index (χ2v) is 6.86. The predicted octanol–water partition coefficient (Wildman–Crippen LogP) is 2.88. The van der Waals surface area contributed by atoms with Crippen LogP contribution in [0.3, 0.4) is 0 Å². The van der Waals surface area contributed by atoms with Crippen LogP contribution in [0.4, 0.5) is 0 Å². The Labute approximate surface area is 132 Å². The number of hydrogen-bond donors (Lipinski definition) is 0. The van der Waals surface area contributed by atoms with Gasteiger partial charge in [-0.25, -0.2) is 4.79 Å². The van der Waals surface area contributed by atoms with Crippen LogP contribution in [-0.4, -0.2) is 9.13 Å². The maximum absolute atomic E-state index is 12.7. The maximum atomic E-state index is 12.7. The summed E-state index contributed by atoms with van der Waals surface area (Å²) in [5.74, 6) is 0. The molecule has 0 amide bonds. The number of hydrogen-bond acceptors (Lipinski definition) is 2. The van der Waals surface area contributed by atoms with Crippen LogP contribution in [-0.2, 0) is 12.1 Å². The van der Waals surface area contributed by atoms with Crippen LogP contribution in [0.1, 0.15) is 32.0 Å². The first-order valence-electron chi connectivity index (χ1n) is 6.80. The third-order valence-corrected chi connectivity index (χ3v) is 4.30. The summed E-state index contributed by atoms with van der Waals surface area (Å²) in [5, 5.41) is 0. The fourth-order valence-electron chi connectivity index (χ4n) is 2.27. The number of aromatic nitrogens is 2. The van der Waals surface area contributed by atoms with E-state index in [1.807, 2.05) is 51.1 Å². The SMILES string of the molecule is Cc1c(Br)c(=O)n(C(C)(C)C)c(=O)n1Cc1ccccc1. The lowest BCUT2D eigenvalue weighted by molar-refractivity contribution is 0.352. The van der Waals surface area contributed by atoms with Crippen molar-refractivity contribution in [1.29, 1.82) is 0 Å². The summed E-state index contributed by atoms with van der Waals surface area (Å²) in [6.45, 7) is 7.78. The Hall–Kier alpha value is -1.62. The van der Waals surface area contributed by atoms with Crippen molar-refractivity contribution < 1.29 is 0 Å². The van der Waals surface area contributed by atoms with Gasteiger partial charge in [0.05, 0.1) is 6.54 Å². The van der Waals surface area contributed by atoms with Gasteiger partial charge in [-0.3, -0.25) is 13.9 Å². The lowest BCUT2D eigenvalue weighted by atomic mass is 10.1. The number of nitrogens with zero attached hydrogens (tertiary/aromatic N) is 2. The normalized spacial score (nSPS) is 11.7. The molecule has 4 nitrogen and oxygen atoms in total. The highest BCUT2D eigenvalue weighted by Crippen LogP contribution is 2.14. The van der Waals surface area contributed by atoms with Gasteiger partial charge in [-0.15, -0.1) is 0 Å². The van der Waals surface area contributed by atoms with Gasteiger partial charge in [0.25, 0.3) is 5.56 Å². The number of rotatable bonds is 2. The molecule has 112 valence electrons. The monoisotopic (exact) mass is 350 g/mol. The number of benzene rings is 1. The summed E-state index contributed by atoms with van der Waals surface area (Å²) in [7, 11) is 0. The first-order valence-corrected chi connectivity index (χ1v) is 7.59. The molecule has 2 rings (SSSR count). The Kier molecular flexibility index (Phi) is 4.23. The Morgan fingerprint density at radius 3 is 2.19 bits per heavy atom. The van der Waals surface area contributed by atoms with Crippen molar-refractivity contribution in [2.45, 2.75) is 39.8 Å². The molecule has 0 aliphatic heterocycles. The summed E-state index contributed by atoms with van der Waals surface area (Å²) in [6.07, 6.45) is 0. The molecule has 2 aromatic rings. The Balaban J connectivity index is 2.70. The van der Waals surface area contributed by atoms with E-state index < -0.39 is 5.54 Å². The van der Waals surface area contributed by atoms with Crippen LogP contribution in [0.25, 0.3) is 0 Å². The molecule has 1 heterocycles. The van der Waals surface area contributed by atoms with Crippen LogP contribution in [0.15, 0.2) is 44.4 Å². The molecule has 0 aliphatic rings. The highest BCUT2D eigenvalue weighted by atomic mass is 79.9. The Bertz CT molecular complexity index is 768. The van der Waals surface area contributed by atoms with Gasteiger partial charge >= 0.3 is 5.69 Å². The van der Waals surface area contributed by atoms with E-state index in [4.69, 9.17) is 0 Å². The third-order valence-electron chi connectivity index (χ3n) is 3.39. The summed E-state index contributed by atoms with van der Waals surface area (Å²) in [5.41, 5.74) is 0.539. The van der Waals surface area contributed by atoms with Gasteiger partial charge in [0, 0.05) is 11.2 Å². The first kappa shape index (κ1) is 15.8. The topological polar surface area (TPSA) is 44.0 Å². The molecule has 1 aromatic heterocycles. The molecular weight excluding hydrogens is 332 g/mol. The van der Waals surface area contributed by atoms with E-state index >= 15 is 0 Å². The van der Waals surface area contributed by atoms with Crippen molar-refractivity contribution in [3.63, 3.8) is 0 Å². The van der Waals surface area contributed by atoms with E-state index in [0.29, 0.717) is 16.7 Å². The summed E-state index contributed by atoms with van der Waals surface area (Å²) < 4.78 is 3.37. The average molecular weight is 351 g/mol. The predicted molar refractivity (Wildman–Crippen MR) is 87.9 cm³/mol. The molecule has 1 aromatic carbocycles. The molecule has 0 spiro atoms. The van der Waals surface area contributed by atoms with Gasteiger partial charge < -0.3 is 0 Å². The summed E-state index contributed by atoms with van der Waals surface area (Å²) >= 11 is 3.33. The molecule has 0 bridgehead atoms. The fourth-order valence-corrected chi connectivity index (χ4v) is 2.66. The van der Waals surface area contributed by atoms with Gasteiger partial charge in [-0.2, -0.15) is 0 Å². The lowest BCUT2D eigenvalue weighted by Crippen LogP contribution is -2.48. The minimum Gasteiger partial charge on any atom is -0.292 e. The minimum atomic E-state index is -0.567. The highest BCUT2D eigenvalue weighted by molar-refractivity contribution is 9.10. The van der Waals surface area contributed by atoms with Crippen molar-refractivity contribution >= 4 is 15.9 Å². The molecule has 0 saturated heterocycles. The van der Waals surface area contributed by atoms with Gasteiger partial charge in [0.2, 0.25) is 0 Å². The van der Waals surface area contributed by atoms with Crippen LogP contribution >= 0.6 is 15.9 Å². The van der Waals surface area contributed by atoms with Crippen molar-refractivity contribution in [3.05, 3.63) is 66.9 Å².